The number of piperazine rings is 1. The van der Waals surface area contributed by atoms with Crippen LogP contribution in [-0.4, -0.2) is 75.4 Å². The molecule has 0 bridgehead atoms. The molecule has 6 rings (SSSR count). The summed E-state index contributed by atoms with van der Waals surface area (Å²) in [4.78, 5) is 17.7. The van der Waals surface area contributed by atoms with Crippen LogP contribution in [0, 0.1) is 5.82 Å². The van der Waals surface area contributed by atoms with Crippen LogP contribution in [0.2, 0.25) is 0 Å². The molecule has 1 atom stereocenters. The van der Waals surface area contributed by atoms with Gasteiger partial charge in [0.2, 0.25) is 0 Å². The van der Waals surface area contributed by atoms with Gasteiger partial charge in [0.15, 0.2) is 0 Å². The number of anilines is 1. The van der Waals surface area contributed by atoms with Gasteiger partial charge in [-0.3, -0.25) is 4.79 Å². The van der Waals surface area contributed by atoms with E-state index in [-0.39, 0.29) is 23.9 Å². The van der Waals surface area contributed by atoms with Crippen molar-refractivity contribution >= 4 is 11.6 Å². The number of rotatable bonds is 7. The second kappa shape index (κ2) is 12.8. The summed E-state index contributed by atoms with van der Waals surface area (Å²) in [6.07, 6.45) is 8.75. The van der Waals surface area contributed by atoms with Crippen molar-refractivity contribution in [1.29, 1.82) is 0 Å². The molecule has 4 fully saturated rings. The monoisotopic (exact) mass is 550 g/mol. The van der Waals surface area contributed by atoms with Gasteiger partial charge < -0.3 is 29.9 Å². The van der Waals surface area contributed by atoms with E-state index in [1.165, 1.54) is 30.9 Å². The van der Waals surface area contributed by atoms with E-state index in [1.54, 1.807) is 6.07 Å². The zero-order valence-electron chi connectivity index (χ0n) is 23.5. The van der Waals surface area contributed by atoms with Crippen molar-refractivity contribution in [2.24, 2.45) is 0 Å². The number of amides is 1. The van der Waals surface area contributed by atoms with Crippen LogP contribution in [0.15, 0.2) is 36.4 Å². The standard InChI is InChI=1S/C32H43FN4O3/c33-25-19-26(36-16-12-34-13-17-36)21-29(20-25)39-27-9-14-37(15-10-27)32(38)24-6-7-31(40-28-8-11-35-22-28)30(18-24)23-4-2-1-3-5-23/h6-7,18-21,23,27-28,34-35H,1-5,8-17,22H2/t28-/m1/s1. The van der Waals surface area contributed by atoms with Gasteiger partial charge in [-0.15, -0.1) is 0 Å². The average Bonchev–Trinajstić information content (AvgIpc) is 3.51. The number of carbonyl (C=O) groups excluding carboxylic acids is 1. The van der Waals surface area contributed by atoms with E-state index in [2.05, 4.69) is 21.6 Å². The minimum atomic E-state index is -0.274. The fraction of sp³-hybridized carbons (Fsp3) is 0.594. The first-order valence-corrected chi connectivity index (χ1v) is 15.4. The molecule has 3 saturated heterocycles. The molecule has 0 spiro atoms. The zero-order valence-corrected chi connectivity index (χ0v) is 23.5. The SMILES string of the molecule is O=C(c1ccc(O[C@@H]2CCNC2)c(C2CCCCC2)c1)N1CCC(Oc2cc(F)cc(N3CCNCC3)c2)CC1. The fourth-order valence-corrected chi connectivity index (χ4v) is 6.70. The van der Waals surface area contributed by atoms with Crippen molar-refractivity contribution < 1.29 is 18.7 Å². The highest BCUT2D eigenvalue weighted by atomic mass is 19.1. The number of carbonyl (C=O) groups is 1. The second-order valence-corrected chi connectivity index (χ2v) is 11.8. The Morgan fingerprint density at radius 3 is 2.35 bits per heavy atom. The number of hydrogen-bond acceptors (Lipinski definition) is 6. The number of ether oxygens (including phenoxy) is 2. The maximum Gasteiger partial charge on any atom is 0.253 e. The fourth-order valence-electron chi connectivity index (χ4n) is 6.70. The molecule has 7 nitrogen and oxygen atoms in total. The van der Waals surface area contributed by atoms with E-state index in [4.69, 9.17) is 9.47 Å². The summed E-state index contributed by atoms with van der Waals surface area (Å²) in [5.74, 6) is 1.80. The number of nitrogens with zero attached hydrogens (tertiary/aromatic N) is 2. The lowest BCUT2D eigenvalue weighted by Gasteiger charge is -2.33. The van der Waals surface area contributed by atoms with Gasteiger partial charge in [-0.25, -0.2) is 4.39 Å². The first-order valence-electron chi connectivity index (χ1n) is 15.4. The molecule has 0 unspecified atom stereocenters. The van der Waals surface area contributed by atoms with Crippen molar-refractivity contribution in [2.45, 2.75) is 69.5 Å². The van der Waals surface area contributed by atoms with Crippen LogP contribution in [0.25, 0.3) is 0 Å². The largest absolute Gasteiger partial charge is 0.490 e. The number of nitrogens with one attached hydrogen (secondary N) is 2. The van der Waals surface area contributed by atoms with Crippen molar-refractivity contribution in [2.75, 3.05) is 57.3 Å². The van der Waals surface area contributed by atoms with Gasteiger partial charge in [-0.2, -0.15) is 0 Å². The summed E-state index contributed by atoms with van der Waals surface area (Å²) in [6, 6.07) is 11.1. The van der Waals surface area contributed by atoms with Crippen molar-refractivity contribution in [3.63, 3.8) is 0 Å². The van der Waals surface area contributed by atoms with E-state index >= 15 is 0 Å². The maximum absolute atomic E-state index is 14.4. The molecule has 2 N–H and O–H groups in total. The highest BCUT2D eigenvalue weighted by Crippen LogP contribution is 2.39. The predicted molar refractivity (Wildman–Crippen MR) is 155 cm³/mol. The maximum atomic E-state index is 14.4. The van der Waals surface area contributed by atoms with Crippen molar-refractivity contribution in [1.82, 2.24) is 15.5 Å². The number of benzene rings is 2. The molecule has 2 aromatic carbocycles. The number of hydrogen-bond donors (Lipinski definition) is 2. The highest BCUT2D eigenvalue weighted by Gasteiger charge is 2.28. The van der Waals surface area contributed by atoms with Crippen molar-refractivity contribution in [3.8, 4) is 11.5 Å². The summed E-state index contributed by atoms with van der Waals surface area (Å²) in [7, 11) is 0. The Morgan fingerprint density at radius 1 is 0.800 bits per heavy atom. The van der Waals surface area contributed by atoms with Crippen LogP contribution in [0.4, 0.5) is 10.1 Å². The van der Waals surface area contributed by atoms with Crippen LogP contribution < -0.4 is 25.0 Å². The summed E-state index contributed by atoms with van der Waals surface area (Å²) >= 11 is 0. The van der Waals surface area contributed by atoms with Gasteiger partial charge in [0.25, 0.3) is 5.91 Å². The lowest BCUT2D eigenvalue weighted by Crippen LogP contribution is -2.43. The van der Waals surface area contributed by atoms with Crippen LogP contribution in [0.5, 0.6) is 11.5 Å². The lowest BCUT2D eigenvalue weighted by atomic mass is 9.83. The molecule has 3 aliphatic heterocycles. The topological polar surface area (TPSA) is 66.1 Å². The highest BCUT2D eigenvalue weighted by molar-refractivity contribution is 5.94. The molecule has 1 aliphatic carbocycles. The van der Waals surface area contributed by atoms with Crippen LogP contribution in [-0.2, 0) is 0 Å². The molecule has 0 aromatic heterocycles. The number of likely N-dealkylation sites (tertiary alicyclic amines) is 1. The molecule has 216 valence electrons. The third-order valence-corrected chi connectivity index (χ3v) is 8.98. The molecule has 2 aromatic rings. The smallest absolute Gasteiger partial charge is 0.253 e. The lowest BCUT2D eigenvalue weighted by molar-refractivity contribution is 0.0595. The minimum Gasteiger partial charge on any atom is -0.490 e. The molecule has 4 aliphatic rings. The summed E-state index contributed by atoms with van der Waals surface area (Å²) < 4.78 is 27.1. The molecule has 40 heavy (non-hydrogen) atoms. The van der Waals surface area contributed by atoms with Gasteiger partial charge in [-0.1, -0.05) is 19.3 Å². The molecule has 8 heteroatoms. The van der Waals surface area contributed by atoms with E-state index in [0.29, 0.717) is 24.8 Å². The molecule has 1 saturated carbocycles. The Hall–Kier alpha value is -2.84. The Balaban J connectivity index is 1.09. The van der Waals surface area contributed by atoms with Gasteiger partial charge in [0.1, 0.15) is 29.5 Å². The molecule has 3 heterocycles. The van der Waals surface area contributed by atoms with E-state index in [9.17, 15) is 9.18 Å². The van der Waals surface area contributed by atoms with Gasteiger partial charge in [0.05, 0.1) is 0 Å². The normalized spacial score (nSPS) is 22.9. The third-order valence-electron chi connectivity index (χ3n) is 8.98. The van der Waals surface area contributed by atoms with Crippen LogP contribution in [0.1, 0.15) is 73.2 Å². The molecule has 1 amide bonds. The first kappa shape index (κ1) is 27.3. The summed E-state index contributed by atoms with van der Waals surface area (Å²) in [5.41, 5.74) is 2.83. The van der Waals surface area contributed by atoms with E-state index in [0.717, 1.165) is 88.4 Å². The molecular weight excluding hydrogens is 507 g/mol. The van der Waals surface area contributed by atoms with Gasteiger partial charge in [-0.05, 0) is 61.6 Å². The Labute approximate surface area is 237 Å². The second-order valence-electron chi connectivity index (χ2n) is 11.8. The molecular formula is C32H43FN4O3. The number of halogens is 1. The Kier molecular flexibility index (Phi) is 8.73. The van der Waals surface area contributed by atoms with E-state index in [1.807, 2.05) is 23.1 Å². The first-order chi connectivity index (χ1) is 19.6. The summed E-state index contributed by atoms with van der Waals surface area (Å²) in [5, 5.41) is 6.72. The van der Waals surface area contributed by atoms with E-state index < -0.39 is 0 Å². The third kappa shape index (κ3) is 6.55. The van der Waals surface area contributed by atoms with Crippen LogP contribution >= 0.6 is 0 Å². The number of piperidine rings is 1. The Bertz CT molecular complexity index is 1150. The quantitative estimate of drug-likeness (QED) is 0.521. The van der Waals surface area contributed by atoms with Crippen LogP contribution in [0.3, 0.4) is 0 Å². The summed E-state index contributed by atoms with van der Waals surface area (Å²) in [6.45, 7) is 6.66. The average molecular weight is 551 g/mol. The predicted octanol–water partition coefficient (Wildman–Crippen LogP) is 4.71. The Morgan fingerprint density at radius 2 is 1.60 bits per heavy atom. The molecule has 0 radical (unpaired) electrons. The van der Waals surface area contributed by atoms with Crippen molar-refractivity contribution in [3.05, 3.63) is 53.3 Å². The zero-order chi connectivity index (χ0) is 27.3. The minimum absolute atomic E-state index is 0.0321. The van der Waals surface area contributed by atoms with Gasteiger partial charge in [0, 0.05) is 82.0 Å². The van der Waals surface area contributed by atoms with Gasteiger partial charge >= 0.3 is 0 Å².